The summed E-state index contributed by atoms with van der Waals surface area (Å²) in [6.45, 7) is 1.80. The molecule has 1 heterocycles. The molecule has 0 aliphatic carbocycles. The maximum atomic E-state index is 12.2. The van der Waals surface area contributed by atoms with Crippen LogP contribution in [0.5, 0.6) is 0 Å². The van der Waals surface area contributed by atoms with Crippen molar-refractivity contribution in [2.24, 2.45) is 0 Å². The molecule has 0 aliphatic heterocycles. The Hall–Kier alpha value is -1.74. The number of para-hydroxylation sites is 1. The number of benzene rings is 1. The van der Waals surface area contributed by atoms with E-state index < -0.39 is 0 Å². The summed E-state index contributed by atoms with van der Waals surface area (Å²) in [5.41, 5.74) is 0.819. The van der Waals surface area contributed by atoms with Gasteiger partial charge in [-0.3, -0.25) is 4.79 Å². The molecule has 0 saturated carbocycles. The van der Waals surface area contributed by atoms with Gasteiger partial charge in [0.25, 0.3) is 5.91 Å². The molecule has 0 N–H and O–H groups in total. The highest BCUT2D eigenvalue weighted by Gasteiger charge is 2.18. The number of furan rings is 1. The van der Waals surface area contributed by atoms with E-state index in [1.165, 1.54) is 0 Å². The second kappa shape index (κ2) is 5.27. The van der Waals surface area contributed by atoms with E-state index in [2.05, 4.69) is 0 Å². The van der Waals surface area contributed by atoms with Gasteiger partial charge in [-0.25, -0.2) is 0 Å². The van der Waals surface area contributed by atoms with Crippen LogP contribution in [0.2, 0.25) is 0 Å². The number of alkyl halides is 1. The number of anilines is 1. The molecule has 0 bridgehead atoms. The molecule has 94 valence electrons. The van der Waals surface area contributed by atoms with Crippen LogP contribution in [0.3, 0.4) is 0 Å². The zero-order valence-corrected chi connectivity index (χ0v) is 11.0. The molecule has 3 nitrogen and oxygen atoms in total. The van der Waals surface area contributed by atoms with Crippen LogP contribution in [-0.2, 0) is 0 Å². The van der Waals surface area contributed by atoms with Gasteiger partial charge in [-0.15, -0.1) is 11.6 Å². The van der Waals surface area contributed by atoms with Crippen molar-refractivity contribution in [2.75, 3.05) is 11.9 Å². The molecule has 1 amide bonds. The molecular formula is C14H14ClNO2. The molecule has 1 aromatic heterocycles. The quantitative estimate of drug-likeness (QED) is 0.788. The van der Waals surface area contributed by atoms with Crippen LogP contribution >= 0.6 is 11.6 Å². The summed E-state index contributed by atoms with van der Waals surface area (Å²) in [7, 11) is 1.71. The molecular weight excluding hydrogens is 250 g/mol. The van der Waals surface area contributed by atoms with Gasteiger partial charge >= 0.3 is 0 Å². The molecule has 1 atom stereocenters. The van der Waals surface area contributed by atoms with Crippen LogP contribution in [0.25, 0.3) is 0 Å². The van der Waals surface area contributed by atoms with E-state index in [1.54, 1.807) is 31.0 Å². The van der Waals surface area contributed by atoms with E-state index in [0.717, 1.165) is 5.69 Å². The number of rotatable bonds is 3. The number of amides is 1. The lowest BCUT2D eigenvalue weighted by molar-refractivity contribution is 0.0965. The Morgan fingerprint density at radius 3 is 2.44 bits per heavy atom. The first kappa shape index (κ1) is 12.7. The van der Waals surface area contributed by atoms with Crippen LogP contribution in [-0.4, -0.2) is 13.0 Å². The van der Waals surface area contributed by atoms with E-state index in [1.807, 2.05) is 30.3 Å². The topological polar surface area (TPSA) is 33.5 Å². The van der Waals surface area contributed by atoms with Crippen LogP contribution in [0, 0.1) is 0 Å². The van der Waals surface area contributed by atoms with Gasteiger partial charge in [0.1, 0.15) is 5.76 Å². The fourth-order valence-corrected chi connectivity index (χ4v) is 1.73. The highest BCUT2D eigenvalue weighted by Crippen LogP contribution is 2.23. The van der Waals surface area contributed by atoms with Crippen LogP contribution in [0.1, 0.15) is 28.6 Å². The molecule has 0 aliphatic rings. The zero-order valence-electron chi connectivity index (χ0n) is 10.3. The van der Waals surface area contributed by atoms with Gasteiger partial charge in [0, 0.05) is 12.7 Å². The van der Waals surface area contributed by atoms with Gasteiger partial charge in [-0.05, 0) is 31.2 Å². The van der Waals surface area contributed by atoms with E-state index in [0.29, 0.717) is 11.5 Å². The lowest BCUT2D eigenvalue weighted by Gasteiger charge is -2.15. The SMILES string of the molecule is CC(Cl)c1ccc(C(=O)N(C)c2ccccc2)o1. The zero-order chi connectivity index (χ0) is 13.1. The summed E-state index contributed by atoms with van der Waals surface area (Å²) in [6, 6.07) is 12.8. The first-order chi connectivity index (χ1) is 8.59. The molecule has 0 spiro atoms. The third-order valence-electron chi connectivity index (χ3n) is 2.68. The number of hydrogen-bond donors (Lipinski definition) is 0. The van der Waals surface area contributed by atoms with E-state index in [-0.39, 0.29) is 11.3 Å². The Bertz CT molecular complexity index is 534. The Morgan fingerprint density at radius 2 is 1.89 bits per heavy atom. The number of nitrogens with zero attached hydrogens (tertiary/aromatic N) is 1. The number of carbonyl (C=O) groups is 1. The number of halogens is 1. The van der Waals surface area contributed by atoms with Crippen molar-refractivity contribution >= 4 is 23.2 Å². The maximum Gasteiger partial charge on any atom is 0.293 e. The van der Waals surface area contributed by atoms with Gasteiger partial charge in [-0.1, -0.05) is 18.2 Å². The minimum Gasteiger partial charge on any atom is -0.454 e. The fourth-order valence-electron chi connectivity index (χ4n) is 1.62. The Balaban J connectivity index is 2.20. The third kappa shape index (κ3) is 2.57. The van der Waals surface area contributed by atoms with Crippen molar-refractivity contribution < 1.29 is 9.21 Å². The van der Waals surface area contributed by atoms with Crippen molar-refractivity contribution in [3.8, 4) is 0 Å². The van der Waals surface area contributed by atoms with Crippen molar-refractivity contribution in [3.05, 3.63) is 54.0 Å². The molecule has 1 aromatic carbocycles. The van der Waals surface area contributed by atoms with Crippen LogP contribution in [0.15, 0.2) is 46.9 Å². The number of hydrogen-bond acceptors (Lipinski definition) is 2. The summed E-state index contributed by atoms with van der Waals surface area (Å²) >= 11 is 5.90. The summed E-state index contributed by atoms with van der Waals surface area (Å²) in [6.07, 6.45) is 0. The third-order valence-corrected chi connectivity index (χ3v) is 2.89. The maximum absolute atomic E-state index is 12.2. The molecule has 1 unspecified atom stereocenters. The van der Waals surface area contributed by atoms with Gasteiger partial charge < -0.3 is 9.32 Å². The predicted octanol–water partition coefficient (Wildman–Crippen LogP) is 3.86. The standard InChI is InChI=1S/C14H14ClNO2/c1-10(15)12-8-9-13(18-12)14(17)16(2)11-6-4-3-5-7-11/h3-10H,1-2H3. The monoisotopic (exact) mass is 263 g/mol. The van der Waals surface area contributed by atoms with Gasteiger partial charge in [0.05, 0.1) is 5.38 Å². The minimum atomic E-state index is -0.242. The second-order valence-electron chi connectivity index (χ2n) is 4.02. The minimum absolute atomic E-state index is 0.190. The molecule has 4 heteroatoms. The summed E-state index contributed by atoms with van der Waals surface area (Å²) in [4.78, 5) is 13.7. The van der Waals surface area contributed by atoms with E-state index in [4.69, 9.17) is 16.0 Å². The average molecular weight is 264 g/mol. The Labute approximate surface area is 111 Å². The molecule has 2 rings (SSSR count). The highest BCUT2D eigenvalue weighted by molar-refractivity contribution is 6.20. The van der Waals surface area contributed by atoms with E-state index in [9.17, 15) is 4.79 Å². The van der Waals surface area contributed by atoms with Gasteiger partial charge in [-0.2, -0.15) is 0 Å². The van der Waals surface area contributed by atoms with Crippen LogP contribution < -0.4 is 4.90 Å². The molecule has 0 saturated heterocycles. The van der Waals surface area contributed by atoms with Crippen molar-refractivity contribution in [1.82, 2.24) is 0 Å². The smallest absolute Gasteiger partial charge is 0.293 e. The number of carbonyl (C=O) groups excluding carboxylic acids is 1. The van der Waals surface area contributed by atoms with Crippen molar-refractivity contribution in [1.29, 1.82) is 0 Å². The molecule has 0 fully saturated rings. The van der Waals surface area contributed by atoms with E-state index >= 15 is 0 Å². The van der Waals surface area contributed by atoms with Gasteiger partial charge in [0.15, 0.2) is 5.76 Å². The first-order valence-electron chi connectivity index (χ1n) is 5.66. The Kier molecular flexibility index (Phi) is 3.72. The molecule has 18 heavy (non-hydrogen) atoms. The lowest BCUT2D eigenvalue weighted by Crippen LogP contribution is -2.25. The fraction of sp³-hybridized carbons (Fsp3) is 0.214. The Morgan fingerprint density at radius 1 is 1.22 bits per heavy atom. The lowest BCUT2D eigenvalue weighted by atomic mass is 10.3. The van der Waals surface area contributed by atoms with Crippen molar-refractivity contribution in [2.45, 2.75) is 12.3 Å². The normalized spacial score (nSPS) is 12.2. The van der Waals surface area contributed by atoms with Gasteiger partial charge in [0.2, 0.25) is 0 Å². The van der Waals surface area contributed by atoms with Crippen molar-refractivity contribution in [3.63, 3.8) is 0 Å². The van der Waals surface area contributed by atoms with Crippen LogP contribution in [0.4, 0.5) is 5.69 Å². The summed E-state index contributed by atoms with van der Waals surface area (Å²) < 4.78 is 5.43. The summed E-state index contributed by atoms with van der Waals surface area (Å²) in [5, 5.41) is -0.242. The second-order valence-corrected chi connectivity index (χ2v) is 4.67. The largest absolute Gasteiger partial charge is 0.454 e. The molecule has 2 aromatic rings. The average Bonchev–Trinajstić information content (AvgIpc) is 2.88. The molecule has 0 radical (unpaired) electrons. The summed E-state index contributed by atoms with van der Waals surface area (Å²) in [5.74, 6) is 0.704. The highest BCUT2D eigenvalue weighted by atomic mass is 35.5. The first-order valence-corrected chi connectivity index (χ1v) is 6.10. The predicted molar refractivity (Wildman–Crippen MR) is 72.2 cm³/mol.